The summed E-state index contributed by atoms with van der Waals surface area (Å²) >= 11 is 13.2. The summed E-state index contributed by atoms with van der Waals surface area (Å²) in [5.41, 5.74) is 0.408. The standard InChI is InChI=1S/C16H14Cl2N2O3S/c17-10-3-2-9(6-11(10)18)15-19-12(8-24-15)14(23)20-16(4-1-5-16)7-13(21)22/h2-3,6,8H,1,4-5,7H2,(H,20,23)(H,21,22). The first-order chi connectivity index (χ1) is 11.4. The minimum absolute atomic E-state index is 0.0669. The zero-order valence-corrected chi connectivity index (χ0v) is 14.8. The van der Waals surface area contributed by atoms with Crippen LogP contribution in [0.15, 0.2) is 23.6 Å². The third-order valence-electron chi connectivity index (χ3n) is 4.08. The van der Waals surface area contributed by atoms with Crippen molar-refractivity contribution in [1.82, 2.24) is 10.3 Å². The van der Waals surface area contributed by atoms with Gasteiger partial charge in [-0.3, -0.25) is 9.59 Å². The molecule has 3 rings (SSSR count). The lowest BCUT2D eigenvalue weighted by atomic mass is 9.74. The Labute approximate surface area is 152 Å². The maximum atomic E-state index is 12.4. The van der Waals surface area contributed by atoms with Crippen LogP contribution in [0.3, 0.4) is 0 Å². The van der Waals surface area contributed by atoms with E-state index in [1.165, 1.54) is 11.3 Å². The first-order valence-corrected chi connectivity index (χ1v) is 8.97. The van der Waals surface area contributed by atoms with Crippen molar-refractivity contribution in [1.29, 1.82) is 0 Å². The summed E-state index contributed by atoms with van der Waals surface area (Å²) in [6.07, 6.45) is 2.20. The lowest BCUT2D eigenvalue weighted by Crippen LogP contribution is -2.54. The molecule has 2 aromatic rings. The molecule has 0 saturated heterocycles. The Morgan fingerprint density at radius 1 is 1.29 bits per heavy atom. The summed E-state index contributed by atoms with van der Waals surface area (Å²) in [7, 11) is 0. The number of amides is 1. The number of aliphatic carboxylic acids is 1. The number of thiazole rings is 1. The molecule has 1 aliphatic rings. The molecule has 0 unspecified atom stereocenters. The molecular formula is C16H14Cl2N2O3S. The lowest BCUT2D eigenvalue weighted by molar-refractivity contribution is -0.139. The molecule has 5 nitrogen and oxygen atoms in total. The number of hydrogen-bond acceptors (Lipinski definition) is 4. The largest absolute Gasteiger partial charge is 0.481 e. The van der Waals surface area contributed by atoms with E-state index in [1.54, 1.807) is 23.6 Å². The fourth-order valence-electron chi connectivity index (χ4n) is 2.68. The summed E-state index contributed by atoms with van der Waals surface area (Å²) < 4.78 is 0. The number of carboxylic acid groups (broad SMARTS) is 1. The molecule has 0 radical (unpaired) electrons. The molecule has 1 aromatic carbocycles. The van der Waals surface area contributed by atoms with Crippen LogP contribution in [0.4, 0.5) is 0 Å². The monoisotopic (exact) mass is 384 g/mol. The second-order valence-electron chi connectivity index (χ2n) is 5.83. The fraction of sp³-hybridized carbons (Fsp3) is 0.312. The van der Waals surface area contributed by atoms with Gasteiger partial charge in [0.1, 0.15) is 10.7 Å². The topological polar surface area (TPSA) is 79.3 Å². The van der Waals surface area contributed by atoms with E-state index in [-0.39, 0.29) is 18.0 Å². The van der Waals surface area contributed by atoms with Gasteiger partial charge in [0.25, 0.3) is 5.91 Å². The van der Waals surface area contributed by atoms with Crippen LogP contribution in [0.2, 0.25) is 10.0 Å². The van der Waals surface area contributed by atoms with E-state index in [1.807, 2.05) is 0 Å². The molecule has 24 heavy (non-hydrogen) atoms. The van der Waals surface area contributed by atoms with Crippen molar-refractivity contribution in [3.63, 3.8) is 0 Å². The number of nitrogens with one attached hydrogen (secondary N) is 1. The number of halogens is 2. The SMILES string of the molecule is O=C(O)CC1(NC(=O)c2csc(-c3ccc(Cl)c(Cl)c3)n2)CCC1. The summed E-state index contributed by atoms with van der Waals surface area (Å²) in [5.74, 6) is -1.26. The van der Waals surface area contributed by atoms with Gasteiger partial charge in [0.05, 0.1) is 22.0 Å². The average Bonchev–Trinajstić information content (AvgIpc) is 2.97. The van der Waals surface area contributed by atoms with Gasteiger partial charge < -0.3 is 10.4 Å². The van der Waals surface area contributed by atoms with Gasteiger partial charge in [-0.1, -0.05) is 29.3 Å². The molecule has 1 aliphatic carbocycles. The predicted molar refractivity (Wildman–Crippen MR) is 93.9 cm³/mol. The molecule has 0 atom stereocenters. The zero-order valence-electron chi connectivity index (χ0n) is 12.5. The fourth-order valence-corrected chi connectivity index (χ4v) is 3.78. The van der Waals surface area contributed by atoms with Gasteiger partial charge in [0.15, 0.2) is 0 Å². The molecular weight excluding hydrogens is 371 g/mol. The van der Waals surface area contributed by atoms with Crippen LogP contribution in [-0.4, -0.2) is 27.5 Å². The molecule has 126 valence electrons. The molecule has 0 spiro atoms. The van der Waals surface area contributed by atoms with Gasteiger partial charge in [-0.2, -0.15) is 0 Å². The predicted octanol–water partition coefficient (Wildman–Crippen LogP) is 4.24. The van der Waals surface area contributed by atoms with E-state index < -0.39 is 11.5 Å². The minimum atomic E-state index is -0.912. The van der Waals surface area contributed by atoms with Crippen LogP contribution >= 0.6 is 34.5 Å². The van der Waals surface area contributed by atoms with Gasteiger partial charge in [-0.15, -0.1) is 11.3 Å². The van der Waals surface area contributed by atoms with Crippen LogP contribution in [0, 0.1) is 0 Å². The highest BCUT2D eigenvalue weighted by atomic mass is 35.5. The molecule has 1 saturated carbocycles. The smallest absolute Gasteiger partial charge is 0.305 e. The van der Waals surface area contributed by atoms with Crippen LogP contribution in [-0.2, 0) is 4.79 Å². The molecule has 1 fully saturated rings. The molecule has 0 aliphatic heterocycles. The van der Waals surface area contributed by atoms with Crippen molar-refractivity contribution in [2.75, 3.05) is 0 Å². The molecule has 1 aromatic heterocycles. The third kappa shape index (κ3) is 3.55. The Morgan fingerprint density at radius 2 is 2.04 bits per heavy atom. The molecule has 1 heterocycles. The highest BCUT2D eigenvalue weighted by Crippen LogP contribution is 2.35. The molecule has 1 amide bonds. The maximum absolute atomic E-state index is 12.4. The number of carboxylic acids is 1. The van der Waals surface area contributed by atoms with E-state index in [0.717, 1.165) is 12.0 Å². The maximum Gasteiger partial charge on any atom is 0.305 e. The summed E-state index contributed by atoms with van der Waals surface area (Å²) in [4.78, 5) is 27.7. The van der Waals surface area contributed by atoms with Crippen molar-refractivity contribution in [3.8, 4) is 10.6 Å². The number of carbonyl (C=O) groups is 2. The molecule has 8 heteroatoms. The van der Waals surface area contributed by atoms with Gasteiger partial charge in [-0.05, 0) is 31.4 Å². The second-order valence-corrected chi connectivity index (χ2v) is 7.50. The lowest BCUT2D eigenvalue weighted by Gasteiger charge is -2.41. The van der Waals surface area contributed by atoms with Gasteiger partial charge >= 0.3 is 5.97 Å². The first kappa shape index (κ1) is 17.2. The summed E-state index contributed by atoms with van der Waals surface area (Å²) in [6, 6.07) is 5.16. The van der Waals surface area contributed by atoms with Crippen LogP contribution < -0.4 is 5.32 Å². The van der Waals surface area contributed by atoms with Gasteiger partial charge in [0.2, 0.25) is 0 Å². The van der Waals surface area contributed by atoms with Gasteiger partial charge in [-0.25, -0.2) is 4.98 Å². The number of hydrogen-bond donors (Lipinski definition) is 2. The number of rotatable bonds is 5. The number of nitrogens with zero attached hydrogens (tertiary/aromatic N) is 1. The van der Waals surface area contributed by atoms with Crippen molar-refractivity contribution in [2.24, 2.45) is 0 Å². The van der Waals surface area contributed by atoms with Crippen molar-refractivity contribution in [2.45, 2.75) is 31.2 Å². The Hall–Kier alpha value is -1.63. The van der Waals surface area contributed by atoms with Crippen LogP contribution in [0.5, 0.6) is 0 Å². The van der Waals surface area contributed by atoms with Gasteiger partial charge in [0, 0.05) is 10.9 Å². The number of carbonyl (C=O) groups excluding carboxylic acids is 1. The van der Waals surface area contributed by atoms with Crippen molar-refractivity contribution in [3.05, 3.63) is 39.3 Å². The first-order valence-electron chi connectivity index (χ1n) is 7.34. The Morgan fingerprint density at radius 3 is 2.62 bits per heavy atom. The Bertz CT molecular complexity index is 802. The Kier molecular flexibility index (Phi) is 4.80. The summed E-state index contributed by atoms with van der Waals surface area (Å²) in [6.45, 7) is 0. The normalized spacial score (nSPS) is 15.6. The summed E-state index contributed by atoms with van der Waals surface area (Å²) in [5, 5.41) is 15.0. The Balaban J connectivity index is 1.76. The van der Waals surface area contributed by atoms with Crippen LogP contribution in [0.1, 0.15) is 36.2 Å². The number of aromatic nitrogens is 1. The average molecular weight is 385 g/mol. The molecule has 0 bridgehead atoms. The van der Waals surface area contributed by atoms with E-state index in [4.69, 9.17) is 28.3 Å². The third-order valence-corrected chi connectivity index (χ3v) is 5.71. The van der Waals surface area contributed by atoms with Crippen LogP contribution in [0.25, 0.3) is 10.6 Å². The van der Waals surface area contributed by atoms with E-state index in [2.05, 4.69) is 10.3 Å². The quantitative estimate of drug-likeness (QED) is 0.807. The highest BCUT2D eigenvalue weighted by Gasteiger charge is 2.40. The van der Waals surface area contributed by atoms with Crippen molar-refractivity contribution < 1.29 is 14.7 Å². The van der Waals surface area contributed by atoms with E-state index in [9.17, 15) is 9.59 Å². The van der Waals surface area contributed by atoms with Crippen molar-refractivity contribution >= 4 is 46.4 Å². The molecule has 2 N–H and O–H groups in total. The van der Waals surface area contributed by atoms with E-state index >= 15 is 0 Å². The zero-order chi connectivity index (χ0) is 17.3. The second kappa shape index (κ2) is 6.70. The van der Waals surface area contributed by atoms with E-state index in [0.29, 0.717) is 27.9 Å². The number of benzene rings is 1. The minimum Gasteiger partial charge on any atom is -0.481 e. The highest BCUT2D eigenvalue weighted by molar-refractivity contribution is 7.13.